The normalized spacial score (nSPS) is 25.8. The number of aromatic nitrogens is 2. The molecule has 2 saturated heterocycles. The summed E-state index contributed by atoms with van der Waals surface area (Å²) < 4.78 is 0. The Bertz CT molecular complexity index is 1080. The van der Waals surface area contributed by atoms with Crippen molar-refractivity contribution in [2.24, 2.45) is 11.8 Å². The fourth-order valence-corrected chi connectivity index (χ4v) is 5.88. The number of nitrogens with zero attached hydrogens (tertiary/aromatic N) is 3. The van der Waals surface area contributed by atoms with Gasteiger partial charge in [-0.25, -0.2) is 0 Å². The van der Waals surface area contributed by atoms with Gasteiger partial charge in [-0.3, -0.25) is 4.98 Å². The van der Waals surface area contributed by atoms with Gasteiger partial charge in [0.2, 0.25) is 0 Å². The van der Waals surface area contributed by atoms with E-state index in [0.29, 0.717) is 16.9 Å². The molecule has 4 atom stereocenters. The highest BCUT2D eigenvalue weighted by molar-refractivity contribution is 7.80. The first-order valence-electron chi connectivity index (χ1n) is 11.2. The molecule has 5 rings (SSSR count). The fraction of sp³-hybridized carbons (Fsp3) is 0.360. The topological polar surface area (TPSA) is 47.2 Å². The SMILES string of the molecule is C[C@H]1C[C@H](C)CN(c2ccc(N3C(=S)N[C@@H](c4ccccn4)[C@@H]3c3ccc[nH]3)cc2Cl)C1. The Morgan fingerprint density at radius 2 is 1.88 bits per heavy atom. The van der Waals surface area contributed by atoms with Crippen molar-refractivity contribution < 1.29 is 0 Å². The number of aromatic amines is 1. The Balaban J connectivity index is 1.50. The predicted octanol–water partition coefficient (Wildman–Crippen LogP) is 5.72. The zero-order valence-corrected chi connectivity index (χ0v) is 19.9. The number of thiocarbonyl (C=S) groups is 1. The Kier molecular flexibility index (Phi) is 5.82. The molecule has 4 heterocycles. The van der Waals surface area contributed by atoms with Crippen LogP contribution in [0.5, 0.6) is 0 Å². The predicted molar refractivity (Wildman–Crippen MR) is 135 cm³/mol. The number of anilines is 2. The molecule has 166 valence electrons. The largest absolute Gasteiger partial charge is 0.370 e. The number of benzene rings is 1. The van der Waals surface area contributed by atoms with E-state index in [1.807, 2.05) is 42.7 Å². The molecule has 2 aromatic heterocycles. The van der Waals surface area contributed by atoms with Gasteiger partial charge >= 0.3 is 0 Å². The molecule has 3 aromatic rings. The summed E-state index contributed by atoms with van der Waals surface area (Å²) in [5.74, 6) is 1.34. The molecule has 2 aliphatic rings. The Labute approximate surface area is 199 Å². The van der Waals surface area contributed by atoms with Crippen LogP contribution < -0.4 is 15.1 Å². The number of H-pyrrole nitrogens is 1. The van der Waals surface area contributed by atoms with Crippen LogP contribution in [0.2, 0.25) is 5.02 Å². The average Bonchev–Trinajstić information content (AvgIpc) is 3.41. The monoisotopic (exact) mass is 465 g/mol. The van der Waals surface area contributed by atoms with Crippen molar-refractivity contribution in [1.82, 2.24) is 15.3 Å². The van der Waals surface area contributed by atoms with Crippen molar-refractivity contribution >= 4 is 40.3 Å². The van der Waals surface area contributed by atoms with Crippen LogP contribution in [-0.4, -0.2) is 28.2 Å². The summed E-state index contributed by atoms with van der Waals surface area (Å²) in [5, 5.41) is 4.92. The molecule has 0 amide bonds. The first-order chi connectivity index (χ1) is 15.5. The van der Waals surface area contributed by atoms with E-state index in [4.69, 9.17) is 23.8 Å². The van der Waals surface area contributed by atoms with Crippen molar-refractivity contribution in [1.29, 1.82) is 0 Å². The van der Waals surface area contributed by atoms with E-state index in [1.54, 1.807) is 0 Å². The highest BCUT2D eigenvalue weighted by Gasteiger charge is 2.41. The fourth-order valence-electron chi connectivity index (χ4n) is 5.24. The molecular formula is C25H28ClN5S. The molecule has 2 aliphatic heterocycles. The van der Waals surface area contributed by atoms with E-state index in [1.165, 1.54) is 6.42 Å². The van der Waals surface area contributed by atoms with Gasteiger partial charge in [0.05, 0.1) is 22.4 Å². The van der Waals surface area contributed by atoms with E-state index < -0.39 is 0 Å². The minimum Gasteiger partial charge on any atom is -0.370 e. The smallest absolute Gasteiger partial charge is 0.174 e. The van der Waals surface area contributed by atoms with Crippen LogP contribution in [0.4, 0.5) is 11.4 Å². The zero-order valence-electron chi connectivity index (χ0n) is 18.3. The van der Waals surface area contributed by atoms with Crippen molar-refractivity contribution in [2.45, 2.75) is 32.4 Å². The van der Waals surface area contributed by atoms with E-state index in [-0.39, 0.29) is 12.1 Å². The van der Waals surface area contributed by atoms with Crippen molar-refractivity contribution in [3.8, 4) is 0 Å². The lowest BCUT2D eigenvalue weighted by Crippen LogP contribution is -2.38. The van der Waals surface area contributed by atoms with Gasteiger partial charge in [0.1, 0.15) is 6.04 Å². The minimum absolute atomic E-state index is 0.0515. The Hall–Kier alpha value is -2.57. The maximum atomic E-state index is 6.86. The van der Waals surface area contributed by atoms with Crippen LogP contribution in [0.15, 0.2) is 60.9 Å². The molecule has 1 aromatic carbocycles. The van der Waals surface area contributed by atoms with Gasteiger partial charge in [0.25, 0.3) is 0 Å². The summed E-state index contributed by atoms with van der Waals surface area (Å²) in [4.78, 5) is 12.5. The van der Waals surface area contributed by atoms with E-state index in [9.17, 15) is 0 Å². The van der Waals surface area contributed by atoms with Gasteiger partial charge < -0.3 is 20.1 Å². The molecule has 5 nitrogen and oxygen atoms in total. The van der Waals surface area contributed by atoms with Gasteiger partial charge in [-0.05, 0) is 72.9 Å². The van der Waals surface area contributed by atoms with Crippen LogP contribution in [0.1, 0.15) is 43.7 Å². The number of rotatable bonds is 4. The van der Waals surface area contributed by atoms with Gasteiger partial charge in [0, 0.05) is 36.9 Å². The number of hydrogen-bond acceptors (Lipinski definition) is 3. The molecule has 2 N–H and O–H groups in total. The quantitative estimate of drug-likeness (QED) is 0.482. The van der Waals surface area contributed by atoms with Crippen LogP contribution in [0.25, 0.3) is 0 Å². The second-order valence-corrected chi connectivity index (χ2v) is 9.90. The maximum Gasteiger partial charge on any atom is 0.174 e. The number of halogens is 1. The van der Waals surface area contributed by atoms with Gasteiger partial charge in [0.15, 0.2) is 5.11 Å². The van der Waals surface area contributed by atoms with Gasteiger partial charge in [-0.2, -0.15) is 0 Å². The lowest BCUT2D eigenvalue weighted by molar-refractivity contribution is 0.357. The first kappa shape index (κ1) is 21.3. The molecule has 2 fully saturated rings. The summed E-state index contributed by atoms with van der Waals surface area (Å²) >= 11 is 12.7. The molecule has 0 unspecified atom stereocenters. The van der Waals surface area contributed by atoms with E-state index >= 15 is 0 Å². The standard InChI is InChI=1S/C25H28ClN5S/c1-16-12-17(2)15-30(14-16)22-9-8-18(13-19(22)26)31-24(21-7-5-11-28-21)23(29-25(31)32)20-6-3-4-10-27-20/h3-11,13,16-17,23-24,28H,12,14-15H2,1-2H3,(H,29,32)/t16-,17-,23-,24-/m0/s1. The molecule has 0 spiro atoms. The lowest BCUT2D eigenvalue weighted by Gasteiger charge is -2.37. The minimum atomic E-state index is -0.0652. The van der Waals surface area contributed by atoms with E-state index in [2.05, 4.69) is 57.1 Å². The molecule has 7 heteroatoms. The zero-order chi connectivity index (χ0) is 22.2. The maximum absolute atomic E-state index is 6.86. The molecule has 0 saturated carbocycles. The number of nitrogens with one attached hydrogen (secondary N) is 2. The number of hydrogen-bond donors (Lipinski definition) is 2. The van der Waals surface area contributed by atoms with Crippen molar-refractivity contribution in [2.75, 3.05) is 22.9 Å². The second-order valence-electron chi connectivity index (χ2n) is 9.11. The lowest BCUT2D eigenvalue weighted by atomic mass is 9.91. The van der Waals surface area contributed by atoms with Crippen LogP contribution in [0.3, 0.4) is 0 Å². The highest BCUT2D eigenvalue weighted by atomic mass is 35.5. The number of pyridine rings is 1. The summed E-state index contributed by atoms with van der Waals surface area (Å²) in [6.07, 6.45) is 5.03. The average molecular weight is 466 g/mol. The second kappa shape index (κ2) is 8.75. The number of piperidine rings is 1. The van der Waals surface area contributed by atoms with E-state index in [0.717, 1.165) is 40.9 Å². The van der Waals surface area contributed by atoms with Crippen LogP contribution in [-0.2, 0) is 0 Å². The third kappa shape index (κ3) is 3.97. The highest BCUT2D eigenvalue weighted by Crippen LogP contribution is 2.43. The van der Waals surface area contributed by atoms with Crippen molar-refractivity contribution in [3.63, 3.8) is 0 Å². The summed E-state index contributed by atoms with van der Waals surface area (Å²) in [7, 11) is 0. The molecule has 0 bridgehead atoms. The van der Waals surface area contributed by atoms with Crippen LogP contribution >= 0.6 is 23.8 Å². The van der Waals surface area contributed by atoms with Crippen molar-refractivity contribution in [3.05, 3.63) is 77.3 Å². The summed E-state index contributed by atoms with van der Waals surface area (Å²) in [6, 6.07) is 16.3. The third-order valence-corrected chi connectivity index (χ3v) is 7.08. The molecule has 0 radical (unpaired) electrons. The van der Waals surface area contributed by atoms with Gasteiger partial charge in [-0.1, -0.05) is 31.5 Å². The third-order valence-electron chi connectivity index (χ3n) is 6.46. The Morgan fingerprint density at radius 3 is 2.53 bits per heavy atom. The first-order valence-corrected chi connectivity index (χ1v) is 12.0. The summed E-state index contributed by atoms with van der Waals surface area (Å²) in [6.45, 7) is 6.72. The molecule has 0 aliphatic carbocycles. The Morgan fingerprint density at radius 1 is 1.06 bits per heavy atom. The van der Waals surface area contributed by atoms with Crippen LogP contribution in [0, 0.1) is 11.8 Å². The van der Waals surface area contributed by atoms with Gasteiger partial charge in [-0.15, -0.1) is 0 Å². The molecule has 32 heavy (non-hydrogen) atoms. The summed E-state index contributed by atoms with van der Waals surface area (Å²) in [5.41, 5.74) is 4.11. The molecular weight excluding hydrogens is 438 g/mol.